The minimum Gasteiger partial charge on any atom is -0.387 e. The van der Waals surface area contributed by atoms with Gasteiger partial charge in [0.05, 0.1) is 0 Å². The van der Waals surface area contributed by atoms with Crippen LogP contribution in [0.15, 0.2) is 12.2 Å². The lowest BCUT2D eigenvalue weighted by Crippen LogP contribution is -2.40. The van der Waals surface area contributed by atoms with Crippen molar-refractivity contribution in [3.05, 3.63) is 12.2 Å². The van der Waals surface area contributed by atoms with E-state index in [2.05, 4.69) is 18.2 Å². The fraction of sp³-hybridized carbons (Fsp3) is 0.667. The van der Waals surface area contributed by atoms with Gasteiger partial charge in [-0.1, -0.05) is 46.1 Å². The third-order valence-electron chi connectivity index (χ3n) is 3.23. The van der Waals surface area contributed by atoms with Crippen molar-refractivity contribution < 1.29 is 19.4 Å². The third-order valence-corrected chi connectivity index (χ3v) is 3.23. The molecule has 0 aromatic rings. The van der Waals surface area contributed by atoms with Crippen molar-refractivity contribution in [3.63, 3.8) is 0 Å². The minimum atomic E-state index is -1.67. The van der Waals surface area contributed by atoms with E-state index in [1.54, 1.807) is 6.92 Å². The molecular formula is C15H23NO4. The Labute approximate surface area is 120 Å². The normalized spacial score (nSPS) is 13.1. The van der Waals surface area contributed by atoms with E-state index in [0.29, 0.717) is 6.42 Å². The molecule has 0 amide bonds. The fourth-order valence-electron chi connectivity index (χ4n) is 1.73. The Morgan fingerprint density at radius 2 is 1.85 bits per heavy atom. The second kappa shape index (κ2) is 9.27. The number of nitriles is 1. The molecular weight excluding hydrogens is 258 g/mol. The zero-order valence-electron chi connectivity index (χ0n) is 12.3. The van der Waals surface area contributed by atoms with Crippen molar-refractivity contribution in [2.75, 3.05) is 0 Å². The van der Waals surface area contributed by atoms with E-state index in [1.807, 2.05) is 0 Å². The van der Waals surface area contributed by atoms with Crippen molar-refractivity contribution in [3.8, 4) is 6.07 Å². The van der Waals surface area contributed by atoms with Crippen LogP contribution in [-0.4, -0.2) is 22.6 Å². The van der Waals surface area contributed by atoms with Crippen LogP contribution in [0.4, 0.5) is 0 Å². The molecule has 0 aromatic carbocycles. The van der Waals surface area contributed by atoms with E-state index in [9.17, 15) is 14.7 Å². The van der Waals surface area contributed by atoms with Gasteiger partial charge in [0.25, 0.3) is 0 Å². The molecule has 0 saturated heterocycles. The maximum atomic E-state index is 11.8. The summed E-state index contributed by atoms with van der Waals surface area (Å²) in [6.07, 6.45) is 5.30. The molecule has 0 fully saturated rings. The molecule has 5 nitrogen and oxygen atoms in total. The average molecular weight is 281 g/mol. The number of aliphatic hydroxyl groups is 1. The number of ether oxygens (including phenoxy) is 1. The summed E-state index contributed by atoms with van der Waals surface area (Å²) in [6, 6.07) is 1.50. The van der Waals surface area contributed by atoms with Gasteiger partial charge in [-0.15, -0.1) is 0 Å². The standard InChI is InChI=1S/C15H23NO4/c1-4-6-7-8-9-10-15(19,5-2)14(18)20-13(17)12(3)11-16/h19H,3-10H2,1-2H3. The molecule has 1 atom stereocenters. The Kier molecular flexibility index (Phi) is 8.49. The van der Waals surface area contributed by atoms with E-state index in [0.717, 1.165) is 25.7 Å². The van der Waals surface area contributed by atoms with Gasteiger partial charge in [-0.25, -0.2) is 9.59 Å². The van der Waals surface area contributed by atoms with Gasteiger partial charge in [-0.2, -0.15) is 5.26 Å². The summed E-state index contributed by atoms with van der Waals surface area (Å²) in [5, 5.41) is 18.7. The average Bonchev–Trinajstić information content (AvgIpc) is 2.45. The summed E-state index contributed by atoms with van der Waals surface area (Å²) in [6.45, 7) is 6.91. The number of rotatable bonds is 9. The fourth-order valence-corrected chi connectivity index (χ4v) is 1.73. The van der Waals surface area contributed by atoms with Crippen LogP contribution < -0.4 is 0 Å². The first-order valence-electron chi connectivity index (χ1n) is 6.99. The Balaban J connectivity index is 4.40. The highest BCUT2D eigenvalue weighted by Crippen LogP contribution is 2.22. The van der Waals surface area contributed by atoms with Crippen molar-refractivity contribution >= 4 is 11.9 Å². The van der Waals surface area contributed by atoms with Crippen LogP contribution in [-0.2, 0) is 14.3 Å². The SMILES string of the molecule is C=C(C#N)C(=O)OC(=O)C(O)(CC)CCCCCCC. The molecule has 0 bridgehead atoms. The highest BCUT2D eigenvalue weighted by Gasteiger charge is 2.36. The summed E-state index contributed by atoms with van der Waals surface area (Å²) in [7, 11) is 0. The zero-order valence-corrected chi connectivity index (χ0v) is 12.3. The second-order valence-corrected chi connectivity index (χ2v) is 4.82. The van der Waals surface area contributed by atoms with Crippen molar-refractivity contribution in [1.82, 2.24) is 0 Å². The van der Waals surface area contributed by atoms with E-state index >= 15 is 0 Å². The summed E-state index contributed by atoms with van der Waals surface area (Å²) in [5.41, 5.74) is -2.13. The molecule has 0 heterocycles. The second-order valence-electron chi connectivity index (χ2n) is 4.82. The monoisotopic (exact) mass is 281 g/mol. The maximum Gasteiger partial charge on any atom is 0.355 e. The van der Waals surface area contributed by atoms with Crippen LogP contribution >= 0.6 is 0 Å². The van der Waals surface area contributed by atoms with Gasteiger partial charge >= 0.3 is 11.9 Å². The van der Waals surface area contributed by atoms with Gasteiger partial charge in [-0.3, -0.25) is 0 Å². The van der Waals surface area contributed by atoms with Crippen LogP contribution in [0.3, 0.4) is 0 Å². The molecule has 0 spiro atoms. The summed E-state index contributed by atoms with van der Waals surface area (Å²) in [5.74, 6) is -2.10. The molecule has 1 N–H and O–H groups in total. The summed E-state index contributed by atoms with van der Waals surface area (Å²) >= 11 is 0. The van der Waals surface area contributed by atoms with Crippen molar-refractivity contribution in [2.45, 2.75) is 64.4 Å². The van der Waals surface area contributed by atoms with Crippen molar-refractivity contribution in [2.24, 2.45) is 0 Å². The molecule has 0 aliphatic rings. The van der Waals surface area contributed by atoms with Gasteiger partial charge in [0, 0.05) is 0 Å². The Bertz CT molecular complexity index is 397. The smallest absolute Gasteiger partial charge is 0.355 e. The lowest BCUT2D eigenvalue weighted by atomic mass is 9.93. The number of hydrogen-bond acceptors (Lipinski definition) is 5. The first-order valence-corrected chi connectivity index (χ1v) is 6.99. The quantitative estimate of drug-likeness (QED) is 0.231. The molecule has 1 unspecified atom stereocenters. The van der Waals surface area contributed by atoms with Gasteiger partial charge in [0.2, 0.25) is 0 Å². The van der Waals surface area contributed by atoms with Crippen LogP contribution in [0.1, 0.15) is 58.8 Å². The first-order chi connectivity index (χ1) is 9.41. The molecule has 20 heavy (non-hydrogen) atoms. The zero-order chi connectivity index (χ0) is 15.6. The molecule has 0 rings (SSSR count). The molecule has 5 heteroatoms. The van der Waals surface area contributed by atoms with Crippen LogP contribution in [0, 0.1) is 11.3 Å². The number of carbonyl (C=O) groups is 2. The number of hydrogen-bond donors (Lipinski definition) is 1. The topological polar surface area (TPSA) is 87.4 Å². The number of nitrogens with zero attached hydrogens (tertiary/aromatic N) is 1. The first kappa shape index (κ1) is 18.3. The van der Waals surface area contributed by atoms with Gasteiger partial charge < -0.3 is 9.84 Å². The van der Waals surface area contributed by atoms with Crippen LogP contribution in [0.2, 0.25) is 0 Å². The minimum absolute atomic E-state index is 0.159. The molecule has 0 aliphatic heterocycles. The Morgan fingerprint density at radius 3 is 2.35 bits per heavy atom. The summed E-state index contributed by atoms with van der Waals surface area (Å²) < 4.78 is 4.49. The molecule has 112 valence electrons. The largest absolute Gasteiger partial charge is 0.387 e. The molecule has 0 aromatic heterocycles. The summed E-state index contributed by atoms with van der Waals surface area (Å²) in [4.78, 5) is 23.1. The van der Waals surface area contributed by atoms with Gasteiger partial charge in [0.15, 0.2) is 5.60 Å². The lowest BCUT2D eigenvalue weighted by Gasteiger charge is -2.23. The van der Waals surface area contributed by atoms with Crippen molar-refractivity contribution in [1.29, 1.82) is 5.26 Å². The van der Waals surface area contributed by atoms with Gasteiger partial charge in [-0.05, 0) is 19.3 Å². The number of carbonyl (C=O) groups excluding carboxylic acids is 2. The number of esters is 2. The molecule has 0 saturated carbocycles. The Hall–Kier alpha value is -1.67. The molecule has 0 radical (unpaired) electrons. The predicted octanol–water partition coefficient (Wildman–Crippen LogP) is 2.64. The van der Waals surface area contributed by atoms with E-state index in [-0.39, 0.29) is 12.8 Å². The lowest BCUT2D eigenvalue weighted by molar-refractivity contribution is -0.173. The van der Waals surface area contributed by atoms with E-state index < -0.39 is 23.1 Å². The van der Waals surface area contributed by atoms with E-state index in [4.69, 9.17) is 5.26 Å². The highest BCUT2D eigenvalue weighted by atomic mass is 16.6. The highest BCUT2D eigenvalue weighted by molar-refractivity contribution is 6.00. The molecule has 0 aliphatic carbocycles. The van der Waals surface area contributed by atoms with Gasteiger partial charge in [0.1, 0.15) is 11.6 Å². The third kappa shape index (κ3) is 5.98. The van der Waals surface area contributed by atoms with E-state index in [1.165, 1.54) is 6.07 Å². The Morgan fingerprint density at radius 1 is 1.25 bits per heavy atom. The number of unbranched alkanes of at least 4 members (excludes halogenated alkanes) is 4. The predicted molar refractivity (Wildman–Crippen MR) is 74.5 cm³/mol. The van der Waals surface area contributed by atoms with Crippen LogP contribution in [0.5, 0.6) is 0 Å². The maximum absolute atomic E-state index is 11.8. The van der Waals surface area contributed by atoms with Crippen LogP contribution in [0.25, 0.3) is 0 Å².